The molecule has 4 nitrogen and oxygen atoms in total. The first kappa shape index (κ1) is 10.5. The Bertz CT molecular complexity index is 476. The number of rotatable bonds is 0. The smallest absolute Gasteiger partial charge is 0.233 e. The first-order valence-corrected chi connectivity index (χ1v) is 5.08. The minimum absolute atomic E-state index is 0.00818. The number of benzene rings is 1. The van der Waals surface area contributed by atoms with Crippen LogP contribution < -0.4 is 9.64 Å². The van der Waals surface area contributed by atoms with E-state index in [-0.39, 0.29) is 11.8 Å². The molecular weight excluding hydrogens is 204 g/mol. The van der Waals surface area contributed by atoms with E-state index in [4.69, 9.17) is 10.00 Å². The van der Waals surface area contributed by atoms with Crippen LogP contribution in [0.4, 0.5) is 5.69 Å². The van der Waals surface area contributed by atoms with E-state index in [0.717, 1.165) is 0 Å². The molecule has 1 atom stereocenters. The number of amides is 1. The lowest BCUT2D eigenvalue weighted by Crippen LogP contribution is -2.31. The molecule has 1 aliphatic heterocycles. The van der Waals surface area contributed by atoms with Crippen LogP contribution in [0.5, 0.6) is 5.75 Å². The lowest BCUT2D eigenvalue weighted by molar-refractivity contribution is -0.122. The van der Waals surface area contributed by atoms with E-state index >= 15 is 0 Å². The van der Waals surface area contributed by atoms with Crippen LogP contribution in [0.1, 0.15) is 12.5 Å². The Hall–Kier alpha value is -2.02. The van der Waals surface area contributed by atoms with E-state index in [2.05, 4.69) is 6.07 Å². The average molecular weight is 216 g/mol. The van der Waals surface area contributed by atoms with Gasteiger partial charge in [-0.05, 0) is 18.2 Å². The van der Waals surface area contributed by atoms with Crippen LogP contribution in [0.3, 0.4) is 0 Å². The molecule has 0 bridgehead atoms. The Kier molecular flexibility index (Phi) is 2.53. The van der Waals surface area contributed by atoms with Crippen molar-refractivity contribution < 1.29 is 9.53 Å². The molecule has 4 heteroatoms. The summed E-state index contributed by atoms with van der Waals surface area (Å²) < 4.78 is 5.53. The van der Waals surface area contributed by atoms with Crippen LogP contribution >= 0.6 is 0 Å². The van der Waals surface area contributed by atoms with E-state index in [0.29, 0.717) is 23.6 Å². The lowest BCUT2D eigenvalue weighted by atomic mass is 10.1. The highest BCUT2D eigenvalue weighted by Crippen LogP contribution is 2.32. The number of carbonyl (C=O) groups excluding carboxylic acids is 1. The number of nitriles is 1. The van der Waals surface area contributed by atoms with E-state index in [1.807, 2.05) is 6.92 Å². The number of nitrogens with zero attached hydrogens (tertiary/aromatic N) is 2. The van der Waals surface area contributed by atoms with Crippen LogP contribution in [-0.2, 0) is 4.79 Å². The fourth-order valence-electron chi connectivity index (χ4n) is 1.71. The molecule has 2 rings (SSSR count). The normalized spacial score (nSPS) is 19.4. The van der Waals surface area contributed by atoms with Gasteiger partial charge >= 0.3 is 0 Å². The van der Waals surface area contributed by atoms with E-state index in [9.17, 15) is 4.79 Å². The van der Waals surface area contributed by atoms with Crippen molar-refractivity contribution in [3.8, 4) is 11.8 Å². The summed E-state index contributed by atoms with van der Waals surface area (Å²) in [5.74, 6) is 0.496. The summed E-state index contributed by atoms with van der Waals surface area (Å²) in [5, 5.41) is 8.82. The third kappa shape index (κ3) is 1.61. The van der Waals surface area contributed by atoms with Crippen molar-refractivity contribution in [2.24, 2.45) is 5.92 Å². The minimum Gasteiger partial charge on any atom is -0.491 e. The number of fused-ring (bicyclic) bond motifs is 1. The Balaban J connectivity index is 2.50. The molecule has 1 heterocycles. The van der Waals surface area contributed by atoms with Gasteiger partial charge in [0.25, 0.3) is 0 Å². The number of anilines is 1. The first-order valence-electron chi connectivity index (χ1n) is 5.08. The summed E-state index contributed by atoms with van der Waals surface area (Å²) in [5.41, 5.74) is 1.19. The van der Waals surface area contributed by atoms with Gasteiger partial charge < -0.3 is 9.64 Å². The number of hydrogen-bond donors (Lipinski definition) is 0. The van der Waals surface area contributed by atoms with Crippen molar-refractivity contribution in [3.63, 3.8) is 0 Å². The second-order valence-corrected chi connectivity index (χ2v) is 3.90. The molecule has 1 aromatic rings. The fourth-order valence-corrected chi connectivity index (χ4v) is 1.71. The molecule has 0 fully saturated rings. The molecule has 1 unspecified atom stereocenters. The highest BCUT2D eigenvalue weighted by Gasteiger charge is 2.25. The van der Waals surface area contributed by atoms with Crippen molar-refractivity contribution in [1.82, 2.24) is 0 Å². The van der Waals surface area contributed by atoms with Gasteiger partial charge in [0.1, 0.15) is 5.75 Å². The van der Waals surface area contributed by atoms with Crippen molar-refractivity contribution >= 4 is 11.6 Å². The molecular formula is C12H12N2O2. The Morgan fingerprint density at radius 2 is 2.31 bits per heavy atom. The van der Waals surface area contributed by atoms with Crippen LogP contribution in [-0.4, -0.2) is 19.6 Å². The van der Waals surface area contributed by atoms with Crippen molar-refractivity contribution in [2.45, 2.75) is 6.92 Å². The van der Waals surface area contributed by atoms with Gasteiger partial charge in [-0.2, -0.15) is 5.26 Å². The summed E-state index contributed by atoms with van der Waals surface area (Å²) in [6.07, 6.45) is 0. The second-order valence-electron chi connectivity index (χ2n) is 3.90. The lowest BCUT2D eigenvalue weighted by Gasteiger charge is -2.17. The molecule has 1 amide bonds. The summed E-state index contributed by atoms with van der Waals surface area (Å²) in [6.45, 7) is 2.21. The van der Waals surface area contributed by atoms with Crippen molar-refractivity contribution in [3.05, 3.63) is 23.8 Å². The predicted molar refractivity (Wildman–Crippen MR) is 59.2 cm³/mol. The zero-order chi connectivity index (χ0) is 11.7. The molecule has 0 saturated heterocycles. The van der Waals surface area contributed by atoms with Crippen molar-refractivity contribution in [2.75, 3.05) is 18.6 Å². The monoisotopic (exact) mass is 216 g/mol. The van der Waals surface area contributed by atoms with Gasteiger partial charge in [0.2, 0.25) is 5.91 Å². The Morgan fingerprint density at radius 1 is 1.56 bits per heavy atom. The van der Waals surface area contributed by atoms with Gasteiger partial charge in [-0.15, -0.1) is 0 Å². The zero-order valence-corrected chi connectivity index (χ0v) is 9.23. The quantitative estimate of drug-likeness (QED) is 0.661. The SMILES string of the molecule is CC1COc2ccc(C#N)cc2N(C)C1=O. The fraction of sp³-hybridized carbons (Fsp3) is 0.333. The number of carbonyl (C=O) groups is 1. The van der Waals surface area contributed by atoms with Gasteiger partial charge in [-0.25, -0.2) is 0 Å². The molecule has 16 heavy (non-hydrogen) atoms. The maximum atomic E-state index is 11.9. The first-order chi connectivity index (χ1) is 7.63. The zero-order valence-electron chi connectivity index (χ0n) is 9.23. The van der Waals surface area contributed by atoms with E-state index < -0.39 is 0 Å². The van der Waals surface area contributed by atoms with Crippen LogP contribution in [0.15, 0.2) is 18.2 Å². The summed E-state index contributed by atoms with van der Waals surface area (Å²) in [6, 6.07) is 7.14. The molecule has 82 valence electrons. The Morgan fingerprint density at radius 3 is 3.00 bits per heavy atom. The van der Waals surface area contributed by atoms with E-state index in [1.54, 1.807) is 30.1 Å². The topological polar surface area (TPSA) is 53.3 Å². The molecule has 0 saturated carbocycles. The van der Waals surface area contributed by atoms with Crippen LogP contribution in [0.2, 0.25) is 0 Å². The van der Waals surface area contributed by atoms with Crippen LogP contribution in [0, 0.1) is 17.2 Å². The van der Waals surface area contributed by atoms with Gasteiger partial charge in [0, 0.05) is 7.05 Å². The van der Waals surface area contributed by atoms with Crippen molar-refractivity contribution in [1.29, 1.82) is 5.26 Å². The number of ether oxygens (including phenoxy) is 1. The molecule has 0 aromatic heterocycles. The molecule has 0 aliphatic carbocycles. The maximum Gasteiger partial charge on any atom is 0.233 e. The summed E-state index contributed by atoms with van der Waals surface area (Å²) >= 11 is 0. The van der Waals surface area contributed by atoms with Gasteiger partial charge in [-0.3, -0.25) is 4.79 Å². The third-order valence-corrected chi connectivity index (χ3v) is 2.69. The van der Waals surface area contributed by atoms with Crippen LogP contribution in [0.25, 0.3) is 0 Å². The summed E-state index contributed by atoms with van der Waals surface area (Å²) in [7, 11) is 1.70. The maximum absolute atomic E-state index is 11.9. The highest BCUT2D eigenvalue weighted by atomic mass is 16.5. The molecule has 0 spiro atoms. The molecule has 1 aromatic carbocycles. The average Bonchev–Trinajstić information content (AvgIpc) is 2.42. The third-order valence-electron chi connectivity index (χ3n) is 2.69. The predicted octanol–water partition coefficient (Wildman–Crippen LogP) is 1.55. The standard InChI is InChI=1S/C12H12N2O2/c1-8-7-16-11-4-3-9(6-13)5-10(11)14(2)12(8)15/h3-5,8H,7H2,1-2H3. The molecule has 0 N–H and O–H groups in total. The number of hydrogen-bond acceptors (Lipinski definition) is 3. The molecule has 0 radical (unpaired) electrons. The highest BCUT2D eigenvalue weighted by molar-refractivity contribution is 5.96. The van der Waals surface area contributed by atoms with Gasteiger partial charge in [-0.1, -0.05) is 6.92 Å². The van der Waals surface area contributed by atoms with E-state index in [1.165, 1.54) is 0 Å². The molecule has 1 aliphatic rings. The largest absolute Gasteiger partial charge is 0.491 e. The van der Waals surface area contributed by atoms with Gasteiger partial charge in [0.15, 0.2) is 0 Å². The Labute approximate surface area is 94.0 Å². The summed E-state index contributed by atoms with van der Waals surface area (Å²) in [4.78, 5) is 13.4. The minimum atomic E-state index is -0.164. The van der Waals surface area contributed by atoms with Gasteiger partial charge in [0.05, 0.1) is 29.8 Å². The second kappa shape index (κ2) is 3.86.